The SMILES string of the molecule is Cc1ccc(-c2ccc(-c3nnc(-c4ccccc4)o3)cc2)cc1.[U]. The van der Waals surface area contributed by atoms with E-state index in [0.717, 1.165) is 11.1 Å². The van der Waals surface area contributed by atoms with E-state index in [4.69, 9.17) is 4.42 Å². The van der Waals surface area contributed by atoms with Gasteiger partial charge in [0.25, 0.3) is 0 Å². The van der Waals surface area contributed by atoms with Gasteiger partial charge in [-0.15, -0.1) is 10.2 Å². The van der Waals surface area contributed by atoms with E-state index in [9.17, 15) is 0 Å². The number of aromatic nitrogens is 2. The van der Waals surface area contributed by atoms with Crippen LogP contribution >= 0.6 is 0 Å². The van der Waals surface area contributed by atoms with Gasteiger partial charge in [0.1, 0.15) is 0 Å². The van der Waals surface area contributed by atoms with Crippen LogP contribution < -0.4 is 0 Å². The molecule has 1 heterocycles. The van der Waals surface area contributed by atoms with Crippen LogP contribution in [0.5, 0.6) is 0 Å². The summed E-state index contributed by atoms with van der Waals surface area (Å²) in [6, 6.07) is 26.5. The van der Waals surface area contributed by atoms with Crippen molar-refractivity contribution in [1.82, 2.24) is 10.2 Å². The third kappa shape index (κ3) is 3.92. The molecular formula is C21H16N2OU. The third-order valence-electron chi connectivity index (χ3n) is 3.96. The van der Waals surface area contributed by atoms with E-state index >= 15 is 0 Å². The Morgan fingerprint density at radius 3 is 1.56 bits per heavy atom. The molecule has 0 atom stereocenters. The van der Waals surface area contributed by atoms with E-state index in [1.807, 2.05) is 42.5 Å². The minimum Gasteiger partial charge on any atom is -0.416 e. The summed E-state index contributed by atoms with van der Waals surface area (Å²) in [7, 11) is 0. The first-order valence-corrected chi connectivity index (χ1v) is 7.86. The second-order valence-electron chi connectivity index (χ2n) is 5.72. The molecule has 0 aliphatic rings. The van der Waals surface area contributed by atoms with Crippen molar-refractivity contribution < 1.29 is 35.5 Å². The molecule has 0 N–H and O–H groups in total. The predicted molar refractivity (Wildman–Crippen MR) is 95.3 cm³/mol. The van der Waals surface area contributed by atoms with Crippen LogP contribution in [0.3, 0.4) is 0 Å². The Kier molecular flexibility index (Phi) is 5.53. The molecule has 0 saturated carbocycles. The molecule has 0 aliphatic carbocycles. The van der Waals surface area contributed by atoms with E-state index in [1.165, 1.54) is 16.7 Å². The van der Waals surface area contributed by atoms with Crippen LogP contribution in [0.4, 0.5) is 0 Å². The Labute approximate surface area is 170 Å². The summed E-state index contributed by atoms with van der Waals surface area (Å²) in [5, 5.41) is 8.30. The molecule has 0 radical (unpaired) electrons. The quantitative estimate of drug-likeness (QED) is 0.344. The van der Waals surface area contributed by atoms with E-state index < -0.39 is 0 Å². The second-order valence-corrected chi connectivity index (χ2v) is 5.72. The first kappa shape index (κ1) is 17.7. The van der Waals surface area contributed by atoms with Crippen LogP contribution in [0.15, 0.2) is 83.3 Å². The van der Waals surface area contributed by atoms with Crippen molar-refractivity contribution in [1.29, 1.82) is 0 Å². The molecule has 0 aliphatic heterocycles. The molecule has 4 heteroatoms. The van der Waals surface area contributed by atoms with Gasteiger partial charge >= 0.3 is 0 Å². The summed E-state index contributed by atoms with van der Waals surface area (Å²) in [6.07, 6.45) is 0. The van der Waals surface area contributed by atoms with E-state index in [2.05, 4.69) is 53.5 Å². The van der Waals surface area contributed by atoms with Crippen molar-refractivity contribution >= 4 is 0 Å². The average Bonchev–Trinajstić information content (AvgIpc) is 3.13. The number of aryl methyl sites for hydroxylation is 1. The molecule has 0 bridgehead atoms. The molecule has 3 aromatic carbocycles. The molecular weight excluding hydrogens is 534 g/mol. The molecule has 0 amide bonds. The van der Waals surface area contributed by atoms with Crippen LogP contribution in [-0.2, 0) is 0 Å². The van der Waals surface area contributed by atoms with Gasteiger partial charge in [0, 0.05) is 42.2 Å². The monoisotopic (exact) mass is 550 g/mol. The number of hydrogen-bond donors (Lipinski definition) is 0. The van der Waals surface area contributed by atoms with Crippen LogP contribution in [0.2, 0.25) is 0 Å². The Bertz CT molecular complexity index is 945. The number of rotatable bonds is 3. The minimum atomic E-state index is 0. The van der Waals surface area contributed by atoms with Gasteiger partial charge in [0.05, 0.1) is 0 Å². The zero-order valence-electron chi connectivity index (χ0n) is 13.8. The fraction of sp³-hybridized carbons (Fsp3) is 0.0476. The van der Waals surface area contributed by atoms with E-state index in [-0.39, 0.29) is 31.1 Å². The Morgan fingerprint density at radius 1 is 0.560 bits per heavy atom. The predicted octanol–water partition coefficient (Wildman–Crippen LogP) is 5.38. The summed E-state index contributed by atoms with van der Waals surface area (Å²) in [5.74, 6) is 1.07. The Hall–Kier alpha value is -2.15. The molecule has 4 aromatic rings. The largest absolute Gasteiger partial charge is 0.416 e. The number of nitrogens with zero attached hydrogens (tertiary/aromatic N) is 2. The summed E-state index contributed by atoms with van der Waals surface area (Å²) >= 11 is 0. The minimum absolute atomic E-state index is 0. The Balaban J connectivity index is 0.00000182. The first-order valence-electron chi connectivity index (χ1n) is 7.86. The fourth-order valence-corrected chi connectivity index (χ4v) is 2.59. The van der Waals surface area contributed by atoms with E-state index in [1.54, 1.807) is 0 Å². The van der Waals surface area contributed by atoms with Gasteiger partial charge in [-0.3, -0.25) is 0 Å². The van der Waals surface area contributed by atoms with Crippen LogP contribution in [0.1, 0.15) is 5.56 Å². The summed E-state index contributed by atoms with van der Waals surface area (Å²) < 4.78 is 5.79. The van der Waals surface area contributed by atoms with Gasteiger partial charge in [0.15, 0.2) is 0 Å². The van der Waals surface area contributed by atoms with Crippen molar-refractivity contribution in [3.63, 3.8) is 0 Å². The van der Waals surface area contributed by atoms with E-state index in [0.29, 0.717) is 11.8 Å². The summed E-state index contributed by atoms with van der Waals surface area (Å²) in [4.78, 5) is 0. The van der Waals surface area contributed by atoms with Gasteiger partial charge in [-0.2, -0.15) is 0 Å². The molecule has 120 valence electrons. The van der Waals surface area contributed by atoms with Crippen LogP contribution in [0, 0.1) is 38.0 Å². The van der Waals surface area contributed by atoms with Gasteiger partial charge < -0.3 is 4.42 Å². The topological polar surface area (TPSA) is 38.9 Å². The van der Waals surface area contributed by atoms with Crippen molar-refractivity contribution in [2.24, 2.45) is 0 Å². The molecule has 1 aromatic heterocycles. The maximum absolute atomic E-state index is 5.79. The standard InChI is InChI=1S/C21H16N2O.U/c1-15-7-9-16(10-8-15)17-11-13-19(14-12-17)21-23-22-20(24-21)18-5-3-2-4-6-18;/h2-14H,1H3;. The summed E-state index contributed by atoms with van der Waals surface area (Å²) in [6.45, 7) is 2.09. The normalized spacial score (nSPS) is 10.3. The molecule has 0 saturated heterocycles. The zero-order chi connectivity index (χ0) is 16.4. The molecule has 0 unspecified atom stereocenters. The zero-order valence-corrected chi connectivity index (χ0v) is 18.0. The van der Waals surface area contributed by atoms with Crippen molar-refractivity contribution in [2.75, 3.05) is 0 Å². The number of hydrogen-bond acceptors (Lipinski definition) is 3. The maximum atomic E-state index is 5.79. The van der Waals surface area contributed by atoms with Crippen LogP contribution in [-0.4, -0.2) is 10.2 Å². The average molecular weight is 550 g/mol. The van der Waals surface area contributed by atoms with Crippen molar-refractivity contribution in [2.45, 2.75) is 6.92 Å². The van der Waals surface area contributed by atoms with Gasteiger partial charge in [-0.05, 0) is 42.3 Å². The molecule has 4 rings (SSSR count). The Morgan fingerprint density at radius 2 is 1.00 bits per heavy atom. The van der Waals surface area contributed by atoms with Crippen molar-refractivity contribution in [3.05, 3.63) is 84.4 Å². The fourth-order valence-electron chi connectivity index (χ4n) is 2.59. The van der Waals surface area contributed by atoms with Crippen LogP contribution in [0.25, 0.3) is 34.0 Å². The van der Waals surface area contributed by atoms with Gasteiger partial charge in [0.2, 0.25) is 11.8 Å². The first-order chi connectivity index (χ1) is 11.8. The number of benzene rings is 3. The van der Waals surface area contributed by atoms with Gasteiger partial charge in [-0.1, -0.05) is 60.2 Å². The summed E-state index contributed by atoms with van der Waals surface area (Å²) in [5.41, 5.74) is 5.46. The second kappa shape index (κ2) is 7.82. The van der Waals surface area contributed by atoms with Crippen molar-refractivity contribution in [3.8, 4) is 34.0 Å². The molecule has 25 heavy (non-hydrogen) atoms. The third-order valence-corrected chi connectivity index (χ3v) is 3.96. The smallest absolute Gasteiger partial charge is 0.248 e. The molecule has 0 fully saturated rings. The van der Waals surface area contributed by atoms with Gasteiger partial charge in [-0.25, -0.2) is 0 Å². The molecule has 0 spiro atoms. The maximum Gasteiger partial charge on any atom is 0.248 e. The molecule has 3 nitrogen and oxygen atoms in total.